The van der Waals surface area contributed by atoms with Crippen molar-refractivity contribution < 1.29 is 39.3 Å². The van der Waals surface area contributed by atoms with Crippen molar-refractivity contribution in [1.29, 1.82) is 0 Å². The predicted molar refractivity (Wildman–Crippen MR) is 106 cm³/mol. The van der Waals surface area contributed by atoms with E-state index in [1.54, 1.807) is 0 Å². The van der Waals surface area contributed by atoms with Gasteiger partial charge in [0.15, 0.2) is 0 Å². The minimum atomic E-state index is -1.57. The van der Waals surface area contributed by atoms with Crippen LogP contribution in [0.1, 0.15) is 41.5 Å². The molecule has 0 saturated heterocycles. The smallest absolute Gasteiger partial charge is 0.294 e. The van der Waals surface area contributed by atoms with E-state index in [1.807, 2.05) is 20.8 Å². The summed E-state index contributed by atoms with van der Waals surface area (Å²) in [5.74, 6) is -1.36. The van der Waals surface area contributed by atoms with Crippen molar-refractivity contribution in [2.75, 3.05) is 19.8 Å². The molecule has 176 valence electrons. The molecule has 1 aliphatic heterocycles. The summed E-state index contributed by atoms with van der Waals surface area (Å²) in [6.07, 6.45) is -2.55. The van der Waals surface area contributed by atoms with Crippen molar-refractivity contribution in [3.05, 3.63) is 49.6 Å². The lowest BCUT2D eigenvalue weighted by Gasteiger charge is -2.31. The lowest BCUT2D eigenvalue weighted by Crippen LogP contribution is -2.47. The molecule has 32 heavy (non-hydrogen) atoms. The van der Waals surface area contributed by atoms with Gasteiger partial charge in [0.1, 0.15) is 31.2 Å². The van der Waals surface area contributed by atoms with Crippen molar-refractivity contribution in [3.8, 4) is 5.75 Å². The maximum absolute atomic E-state index is 12.7. The number of hydrogen-bond donors (Lipinski definition) is 2. The number of hydrogen-bond acceptors (Lipinski definition) is 11. The Bertz CT molecular complexity index is 900. The van der Waals surface area contributed by atoms with Gasteiger partial charge in [0.25, 0.3) is 22.0 Å². The molecule has 1 aromatic carbocycles. The number of carbonyl (C=O) groups excluding carboxylic acids is 2. The average Bonchev–Trinajstić information content (AvgIpc) is 2.92. The minimum absolute atomic E-state index is 0.0179. The van der Waals surface area contributed by atoms with Crippen LogP contribution in [0.2, 0.25) is 0 Å². The van der Waals surface area contributed by atoms with Crippen LogP contribution in [0.15, 0.2) is 18.2 Å². The molecule has 2 amide bonds. The highest BCUT2D eigenvalue weighted by atomic mass is 17.0. The van der Waals surface area contributed by atoms with Crippen LogP contribution in [-0.4, -0.2) is 70.0 Å². The number of imide groups is 1. The van der Waals surface area contributed by atoms with E-state index >= 15 is 0 Å². The molecule has 0 aromatic heterocycles. The van der Waals surface area contributed by atoms with E-state index in [0.29, 0.717) is 4.90 Å². The number of aliphatic hydroxyl groups excluding tert-OH is 1. The summed E-state index contributed by atoms with van der Waals surface area (Å²) < 4.78 is 5.51. The predicted octanol–water partition coefficient (Wildman–Crippen LogP) is 0.181. The number of aliphatic hydroxyl groups is 1. The summed E-state index contributed by atoms with van der Waals surface area (Å²) in [5, 5.41) is 28.8. The van der Waals surface area contributed by atoms with Crippen LogP contribution in [0.25, 0.3) is 0 Å². The van der Waals surface area contributed by atoms with Crippen molar-refractivity contribution in [2.24, 2.45) is 11.1 Å². The molecule has 0 bridgehead atoms. The van der Waals surface area contributed by atoms with Crippen LogP contribution in [-0.2, 0) is 9.68 Å². The zero-order chi connectivity index (χ0) is 24.2. The summed E-state index contributed by atoms with van der Waals surface area (Å²) in [4.78, 5) is 55.2. The van der Waals surface area contributed by atoms with E-state index in [9.17, 15) is 34.9 Å². The van der Waals surface area contributed by atoms with Gasteiger partial charge in [-0.3, -0.25) is 14.5 Å². The Hall–Kier alpha value is -3.52. The fourth-order valence-corrected chi connectivity index (χ4v) is 2.97. The van der Waals surface area contributed by atoms with Gasteiger partial charge in [0, 0.05) is 6.04 Å². The third kappa shape index (κ3) is 6.01. The van der Waals surface area contributed by atoms with Gasteiger partial charge in [-0.1, -0.05) is 20.8 Å². The van der Waals surface area contributed by atoms with Crippen molar-refractivity contribution in [1.82, 2.24) is 4.90 Å². The summed E-state index contributed by atoms with van der Waals surface area (Å²) in [6.45, 7) is 3.93. The van der Waals surface area contributed by atoms with Crippen molar-refractivity contribution >= 4 is 11.8 Å². The standard InChI is InChI=1S/C18H24N4O10/c1-18(2,3)15(19)14(23)9-30-10-4-5-12-13(6-10)17(25)20(16(12)24)7-11(32-22(28)29)8-31-21(26)27/h4-6,11,14-15,23H,7-9,19H2,1-3H3. The van der Waals surface area contributed by atoms with Crippen LogP contribution >= 0.6 is 0 Å². The Labute approximate surface area is 182 Å². The van der Waals surface area contributed by atoms with Crippen LogP contribution in [0.3, 0.4) is 0 Å². The number of benzene rings is 1. The Morgan fingerprint density at radius 1 is 1.09 bits per heavy atom. The second-order valence-electron chi connectivity index (χ2n) is 8.17. The molecule has 3 N–H and O–H groups in total. The van der Waals surface area contributed by atoms with Crippen LogP contribution in [0.5, 0.6) is 5.75 Å². The number of nitrogens with zero attached hydrogens (tertiary/aromatic N) is 3. The quantitative estimate of drug-likeness (QED) is 0.261. The molecule has 0 saturated carbocycles. The third-order valence-electron chi connectivity index (χ3n) is 4.76. The molecule has 14 nitrogen and oxygen atoms in total. The topological polar surface area (TPSA) is 198 Å². The van der Waals surface area contributed by atoms with Crippen LogP contribution < -0.4 is 10.5 Å². The number of rotatable bonds is 11. The fraction of sp³-hybridized carbons (Fsp3) is 0.556. The normalized spacial score (nSPS) is 16.2. The number of carbonyl (C=O) groups is 2. The van der Waals surface area contributed by atoms with E-state index in [2.05, 4.69) is 9.68 Å². The highest BCUT2D eigenvalue weighted by molar-refractivity contribution is 6.21. The lowest BCUT2D eigenvalue weighted by molar-refractivity contribution is -0.789. The molecule has 0 spiro atoms. The van der Waals surface area contributed by atoms with Crippen molar-refractivity contribution in [2.45, 2.75) is 39.0 Å². The SMILES string of the molecule is CC(C)(C)C(N)C(O)COc1ccc2c(c1)C(=O)N(CC(CO[N+](=O)[O-])O[N+](=O)[O-])C2=O. The molecular weight excluding hydrogens is 432 g/mol. The molecule has 0 radical (unpaired) electrons. The van der Waals surface area contributed by atoms with Gasteiger partial charge in [-0.05, 0) is 23.6 Å². The fourth-order valence-electron chi connectivity index (χ4n) is 2.97. The molecule has 0 aliphatic carbocycles. The molecule has 3 atom stereocenters. The first kappa shape index (κ1) is 24.7. The molecule has 0 fully saturated rings. The zero-order valence-corrected chi connectivity index (χ0v) is 17.6. The van der Waals surface area contributed by atoms with Crippen LogP contribution in [0.4, 0.5) is 0 Å². The van der Waals surface area contributed by atoms with E-state index in [-0.39, 0.29) is 28.9 Å². The van der Waals surface area contributed by atoms with Gasteiger partial charge in [0.2, 0.25) is 0 Å². The third-order valence-corrected chi connectivity index (χ3v) is 4.76. The Morgan fingerprint density at radius 3 is 2.28 bits per heavy atom. The molecule has 2 rings (SSSR count). The van der Waals surface area contributed by atoms with Gasteiger partial charge < -0.3 is 25.3 Å². The molecule has 1 aliphatic rings. The first-order chi connectivity index (χ1) is 14.8. The van der Waals surface area contributed by atoms with Gasteiger partial charge in [-0.2, -0.15) is 0 Å². The first-order valence-corrected chi connectivity index (χ1v) is 9.46. The summed E-state index contributed by atoms with van der Waals surface area (Å²) >= 11 is 0. The lowest BCUT2D eigenvalue weighted by atomic mass is 9.84. The second kappa shape index (κ2) is 9.74. The second-order valence-corrected chi connectivity index (χ2v) is 8.17. The molecule has 14 heteroatoms. The van der Waals surface area contributed by atoms with Gasteiger partial charge >= 0.3 is 0 Å². The molecular formula is C18H24N4O10. The highest BCUT2D eigenvalue weighted by Crippen LogP contribution is 2.28. The van der Waals surface area contributed by atoms with Gasteiger partial charge in [0.05, 0.1) is 17.7 Å². The van der Waals surface area contributed by atoms with E-state index in [4.69, 9.17) is 10.5 Å². The maximum Gasteiger partial charge on any atom is 0.294 e. The Balaban J connectivity index is 2.11. The number of amides is 2. The number of fused-ring (bicyclic) bond motifs is 1. The molecule has 1 aromatic rings. The number of ether oxygens (including phenoxy) is 1. The largest absolute Gasteiger partial charge is 0.491 e. The van der Waals surface area contributed by atoms with E-state index < -0.39 is 53.4 Å². The monoisotopic (exact) mass is 456 g/mol. The van der Waals surface area contributed by atoms with E-state index in [1.165, 1.54) is 18.2 Å². The van der Waals surface area contributed by atoms with Gasteiger partial charge in [-0.15, -0.1) is 20.2 Å². The van der Waals surface area contributed by atoms with Gasteiger partial charge in [-0.25, -0.2) is 0 Å². The maximum atomic E-state index is 12.7. The molecule has 1 heterocycles. The van der Waals surface area contributed by atoms with Crippen molar-refractivity contribution in [3.63, 3.8) is 0 Å². The van der Waals surface area contributed by atoms with E-state index in [0.717, 1.165) is 0 Å². The average molecular weight is 456 g/mol. The van der Waals surface area contributed by atoms with Crippen LogP contribution in [0, 0.1) is 25.6 Å². The summed E-state index contributed by atoms with van der Waals surface area (Å²) in [5.41, 5.74) is 5.60. The summed E-state index contributed by atoms with van der Waals surface area (Å²) in [7, 11) is 0. The minimum Gasteiger partial charge on any atom is -0.491 e. The zero-order valence-electron chi connectivity index (χ0n) is 17.6. The summed E-state index contributed by atoms with van der Waals surface area (Å²) in [6, 6.07) is 3.47. The number of nitrogens with two attached hydrogens (primary N) is 1. The molecule has 3 unspecified atom stereocenters. The first-order valence-electron chi connectivity index (χ1n) is 9.46. The Kier molecular flexibility index (Phi) is 7.53. The highest BCUT2D eigenvalue weighted by Gasteiger charge is 2.38. The Morgan fingerprint density at radius 2 is 1.72 bits per heavy atom.